The zero-order chi connectivity index (χ0) is 19.6. The third kappa shape index (κ3) is 8.82. The number of carbonyl (C=O) groups excluding carboxylic acids is 1. The smallest absolute Gasteiger partial charge is 0.234 e. The molecule has 0 aromatic heterocycles. The summed E-state index contributed by atoms with van der Waals surface area (Å²) in [4.78, 5) is 23.5. The Morgan fingerprint density at radius 2 is 1.71 bits per heavy atom. The van der Waals surface area contributed by atoms with Crippen molar-refractivity contribution in [3.05, 3.63) is 0 Å². The molecule has 0 atom stereocenters. The average Bonchev–Trinajstić information content (AvgIpc) is 2.66. The van der Waals surface area contributed by atoms with Crippen LogP contribution < -0.4 is 10.6 Å². The molecule has 2 fully saturated rings. The van der Waals surface area contributed by atoms with Gasteiger partial charge in [-0.3, -0.25) is 14.7 Å². The second-order valence-electron chi connectivity index (χ2n) is 8.13. The number of hydrogen-bond donors (Lipinski definition) is 2. The lowest BCUT2D eigenvalue weighted by Crippen LogP contribution is -2.54. The Balaban J connectivity index is 0.00000392. The van der Waals surface area contributed by atoms with Crippen LogP contribution in [0.25, 0.3) is 0 Å². The van der Waals surface area contributed by atoms with E-state index in [1.54, 1.807) is 0 Å². The van der Waals surface area contributed by atoms with Gasteiger partial charge in [-0.15, -0.1) is 24.0 Å². The predicted octanol–water partition coefficient (Wildman–Crippen LogP) is 1.44. The summed E-state index contributed by atoms with van der Waals surface area (Å²) in [6.45, 7) is 15.1. The molecule has 2 heterocycles. The van der Waals surface area contributed by atoms with Crippen LogP contribution in [0.1, 0.15) is 40.0 Å². The number of hydrogen-bond acceptors (Lipinski definition) is 4. The summed E-state index contributed by atoms with van der Waals surface area (Å²) < 4.78 is 0. The number of rotatable bonds is 7. The summed E-state index contributed by atoms with van der Waals surface area (Å²) in [5, 5.41) is 6.53. The van der Waals surface area contributed by atoms with Gasteiger partial charge in [0.05, 0.1) is 6.54 Å². The number of carbonyl (C=O) groups is 1. The Labute approximate surface area is 188 Å². The lowest BCUT2D eigenvalue weighted by molar-refractivity contribution is -0.123. The number of piperidine rings is 1. The number of nitrogens with zero attached hydrogens (tertiary/aromatic N) is 4. The fourth-order valence-electron chi connectivity index (χ4n) is 4.00. The van der Waals surface area contributed by atoms with Gasteiger partial charge >= 0.3 is 0 Å². The van der Waals surface area contributed by atoms with Crippen LogP contribution >= 0.6 is 24.0 Å². The molecule has 2 aliphatic rings. The molecule has 164 valence electrons. The summed E-state index contributed by atoms with van der Waals surface area (Å²) in [5.74, 6) is 1.97. The number of halogens is 1. The van der Waals surface area contributed by atoms with E-state index in [9.17, 15) is 4.79 Å². The molecule has 0 spiro atoms. The average molecular weight is 508 g/mol. The van der Waals surface area contributed by atoms with Crippen molar-refractivity contribution in [2.45, 2.75) is 46.1 Å². The predicted molar refractivity (Wildman–Crippen MR) is 128 cm³/mol. The third-order valence-electron chi connectivity index (χ3n) is 5.69. The van der Waals surface area contributed by atoms with Crippen LogP contribution in [0.2, 0.25) is 0 Å². The first kappa shape index (κ1) is 25.4. The fraction of sp³-hybridized carbons (Fsp3) is 0.900. The van der Waals surface area contributed by atoms with Crippen molar-refractivity contribution in [1.29, 1.82) is 0 Å². The van der Waals surface area contributed by atoms with Gasteiger partial charge in [-0.25, -0.2) is 0 Å². The van der Waals surface area contributed by atoms with E-state index >= 15 is 0 Å². The van der Waals surface area contributed by atoms with Crippen LogP contribution in [0.15, 0.2) is 4.99 Å². The Hall–Kier alpha value is -0.610. The van der Waals surface area contributed by atoms with Crippen molar-refractivity contribution in [3.63, 3.8) is 0 Å². The quantitative estimate of drug-likeness (QED) is 0.310. The molecule has 2 rings (SSSR count). The highest BCUT2D eigenvalue weighted by Gasteiger charge is 2.22. The number of aliphatic imine (C=N–C) groups is 1. The number of nitrogens with one attached hydrogen (secondary N) is 2. The maximum absolute atomic E-state index is 11.9. The Morgan fingerprint density at radius 3 is 2.25 bits per heavy atom. The molecule has 2 N–H and O–H groups in total. The van der Waals surface area contributed by atoms with Crippen molar-refractivity contribution in [2.24, 2.45) is 10.9 Å². The van der Waals surface area contributed by atoms with Gasteiger partial charge in [0.25, 0.3) is 0 Å². The normalized spacial score (nSPS) is 20.2. The molecule has 0 saturated carbocycles. The molecule has 0 aromatic carbocycles. The SMILES string of the molecule is CCN1CCC(CCNC(=NC)N2CCN(CC(=O)NC(C)C)CC2)CC1.I. The van der Waals surface area contributed by atoms with Gasteiger partial charge in [0.1, 0.15) is 0 Å². The Kier molecular flexibility index (Phi) is 12.3. The molecule has 28 heavy (non-hydrogen) atoms. The molecule has 8 heteroatoms. The minimum Gasteiger partial charge on any atom is -0.356 e. The molecule has 2 saturated heterocycles. The second kappa shape index (κ2) is 13.6. The zero-order valence-corrected chi connectivity index (χ0v) is 20.6. The summed E-state index contributed by atoms with van der Waals surface area (Å²) >= 11 is 0. The van der Waals surface area contributed by atoms with Crippen LogP contribution in [0.5, 0.6) is 0 Å². The molecular formula is C20H41IN6O. The highest BCUT2D eigenvalue weighted by Crippen LogP contribution is 2.19. The molecule has 1 amide bonds. The van der Waals surface area contributed by atoms with Crippen molar-refractivity contribution >= 4 is 35.8 Å². The first-order chi connectivity index (χ1) is 13.0. The van der Waals surface area contributed by atoms with Crippen LogP contribution in [0, 0.1) is 5.92 Å². The standard InChI is InChI=1S/C20H40N6O.HI/c1-5-24-10-7-18(8-11-24)6-9-22-20(21-4)26-14-12-25(13-15-26)16-19(27)23-17(2)3;/h17-18H,5-16H2,1-4H3,(H,21,22)(H,23,27);1H. The van der Waals surface area contributed by atoms with Crippen LogP contribution in [0.4, 0.5) is 0 Å². The van der Waals surface area contributed by atoms with E-state index in [1.807, 2.05) is 20.9 Å². The van der Waals surface area contributed by atoms with Gasteiger partial charge in [-0.1, -0.05) is 6.92 Å². The van der Waals surface area contributed by atoms with Crippen LogP contribution in [-0.2, 0) is 4.79 Å². The van der Waals surface area contributed by atoms with E-state index in [4.69, 9.17) is 0 Å². The maximum Gasteiger partial charge on any atom is 0.234 e. The lowest BCUT2D eigenvalue weighted by atomic mass is 9.93. The first-order valence-electron chi connectivity index (χ1n) is 10.7. The van der Waals surface area contributed by atoms with E-state index in [0.717, 1.165) is 44.6 Å². The van der Waals surface area contributed by atoms with E-state index in [2.05, 4.69) is 37.2 Å². The summed E-state index contributed by atoms with van der Waals surface area (Å²) in [7, 11) is 1.87. The van der Waals surface area contributed by atoms with Gasteiger partial charge in [0, 0.05) is 45.8 Å². The minimum atomic E-state index is 0. The van der Waals surface area contributed by atoms with E-state index in [-0.39, 0.29) is 35.9 Å². The largest absolute Gasteiger partial charge is 0.356 e. The highest BCUT2D eigenvalue weighted by molar-refractivity contribution is 14.0. The van der Waals surface area contributed by atoms with Crippen molar-refractivity contribution in [1.82, 2.24) is 25.3 Å². The first-order valence-corrected chi connectivity index (χ1v) is 10.7. The molecule has 7 nitrogen and oxygen atoms in total. The summed E-state index contributed by atoms with van der Waals surface area (Å²) in [5.41, 5.74) is 0. The maximum atomic E-state index is 11.9. The Morgan fingerprint density at radius 1 is 1.07 bits per heavy atom. The van der Waals surface area contributed by atoms with E-state index in [0.29, 0.717) is 6.54 Å². The molecule has 0 radical (unpaired) electrons. The number of guanidine groups is 1. The van der Waals surface area contributed by atoms with Gasteiger partial charge in [-0.2, -0.15) is 0 Å². The van der Waals surface area contributed by atoms with Crippen LogP contribution in [0.3, 0.4) is 0 Å². The third-order valence-corrected chi connectivity index (χ3v) is 5.69. The number of piperazine rings is 1. The van der Waals surface area contributed by atoms with Gasteiger partial charge in [0.2, 0.25) is 5.91 Å². The van der Waals surface area contributed by atoms with Crippen LogP contribution in [-0.4, -0.2) is 98.6 Å². The fourth-order valence-corrected chi connectivity index (χ4v) is 4.00. The van der Waals surface area contributed by atoms with Crippen molar-refractivity contribution in [3.8, 4) is 0 Å². The topological polar surface area (TPSA) is 63.2 Å². The number of amides is 1. The van der Waals surface area contributed by atoms with Gasteiger partial charge < -0.3 is 20.4 Å². The number of likely N-dealkylation sites (tertiary alicyclic amines) is 1. The van der Waals surface area contributed by atoms with E-state index in [1.165, 1.54) is 38.9 Å². The van der Waals surface area contributed by atoms with Gasteiger partial charge in [-0.05, 0) is 58.7 Å². The van der Waals surface area contributed by atoms with Crippen molar-refractivity contribution in [2.75, 3.05) is 66.0 Å². The molecular weight excluding hydrogens is 467 g/mol. The molecule has 0 aliphatic carbocycles. The minimum absolute atomic E-state index is 0. The molecule has 2 aliphatic heterocycles. The summed E-state index contributed by atoms with van der Waals surface area (Å²) in [6, 6.07) is 0.205. The summed E-state index contributed by atoms with van der Waals surface area (Å²) in [6.07, 6.45) is 3.88. The highest BCUT2D eigenvalue weighted by atomic mass is 127. The van der Waals surface area contributed by atoms with Gasteiger partial charge in [0.15, 0.2) is 5.96 Å². The monoisotopic (exact) mass is 508 g/mol. The lowest BCUT2D eigenvalue weighted by Gasteiger charge is -2.36. The Bertz CT molecular complexity index is 471. The molecule has 0 aromatic rings. The second-order valence-corrected chi connectivity index (χ2v) is 8.13. The van der Waals surface area contributed by atoms with Crippen molar-refractivity contribution < 1.29 is 4.79 Å². The van der Waals surface area contributed by atoms with E-state index < -0.39 is 0 Å². The molecule has 0 bridgehead atoms. The molecule has 0 unspecified atom stereocenters. The zero-order valence-electron chi connectivity index (χ0n) is 18.2.